The fourth-order valence-corrected chi connectivity index (χ4v) is 5.64. The zero-order valence-electron chi connectivity index (χ0n) is 20.1. The van der Waals surface area contributed by atoms with Crippen LogP contribution in [0.15, 0.2) is 33.9 Å². The maximum absolute atomic E-state index is 12.6. The second-order valence-corrected chi connectivity index (χ2v) is 9.54. The van der Waals surface area contributed by atoms with Crippen LogP contribution < -0.4 is 16.1 Å². The van der Waals surface area contributed by atoms with Gasteiger partial charge < -0.3 is 20.1 Å². The molecule has 2 aliphatic rings. The first-order valence-electron chi connectivity index (χ1n) is 12.3. The number of imidazole rings is 1. The van der Waals surface area contributed by atoms with Gasteiger partial charge in [0.1, 0.15) is 11.8 Å². The van der Waals surface area contributed by atoms with Crippen LogP contribution in [0.2, 0.25) is 0 Å². The third kappa shape index (κ3) is 4.61. The molecule has 5 rings (SSSR count). The molecule has 192 valence electrons. The molecule has 12 heteroatoms. The van der Waals surface area contributed by atoms with Crippen LogP contribution in [0, 0.1) is 0 Å². The number of phenolic OH excluding ortho intramolecular Hbond substituents is 1. The smallest absolute Gasteiger partial charge is 0.326 e. The number of nitrogens with one attached hydrogen (secondary N) is 3. The maximum Gasteiger partial charge on any atom is 0.326 e. The van der Waals surface area contributed by atoms with Crippen molar-refractivity contribution >= 4 is 23.1 Å². The first kappa shape index (κ1) is 24.1. The van der Waals surface area contributed by atoms with Crippen molar-refractivity contribution < 1.29 is 15.0 Å². The number of aromatic hydroxyl groups is 1. The monoisotopic (exact) mass is 497 g/mol. The van der Waals surface area contributed by atoms with Gasteiger partial charge in [-0.2, -0.15) is 0 Å². The molecule has 12 nitrogen and oxygen atoms in total. The molecule has 3 aromatic rings. The van der Waals surface area contributed by atoms with E-state index in [1.165, 1.54) is 12.1 Å². The Hall–Kier alpha value is -3.64. The number of benzene rings is 1. The first-order valence-corrected chi connectivity index (χ1v) is 12.3. The minimum atomic E-state index is -0.891. The van der Waals surface area contributed by atoms with E-state index in [1.54, 1.807) is 12.1 Å². The van der Waals surface area contributed by atoms with Crippen molar-refractivity contribution in [1.29, 1.82) is 0 Å². The number of likely N-dealkylation sites (tertiary alicyclic amines) is 1. The van der Waals surface area contributed by atoms with E-state index >= 15 is 0 Å². The topological polar surface area (TPSA) is 162 Å². The molecular formula is C24H31N7O5. The molecule has 36 heavy (non-hydrogen) atoms. The lowest BCUT2D eigenvalue weighted by Crippen LogP contribution is -2.59. The number of carbonyl (C=O) groups is 1. The number of aliphatic carboxylic acids is 1. The lowest BCUT2D eigenvalue weighted by atomic mass is 9.95. The minimum absolute atomic E-state index is 0.116. The number of aromatic nitrogens is 4. The molecule has 0 bridgehead atoms. The number of piperidine rings is 1. The molecule has 0 amide bonds. The Bertz CT molecular complexity index is 1340. The van der Waals surface area contributed by atoms with E-state index in [1.807, 2.05) is 9.80 Å². The fraction of sp³-hybridized carbons (Fsp3) is 0.500. The van der Waals surface area contributed by atoms with Crippen molar-refractivity contribution in [2.45, 2.75) is 44.3 Å². The lowest BCUT2D eigenvalue weighted by Gasteiger charge is -2.48. The Morgan fingerprint density at radius 1 is 1.08 bits per heavy atom. The molecule has 0 aliphatic carbocycles. The van der Waals surface area contributed by atoms with Gasteiger partial charge in [-0.3, -0.25) is 29.4 Å². The predicted octanol–water partition coefficient (Wildman–Crippen LogP) is 0.836. The van der Waals surface area contributed by atoms with Crippen LogP contribution in [0.4, 0.5) is 5.82 Å². The molecule has 2 unspecified atom stereocenters. The van der Waals surface area contributed by atoms with Crippen molar-refractivity contribution in [3.05, 3.63) is 50.7 Å². The molecule has 4 heterocycles. The largest absolute Gasteiger partial charge is 0.508 e. The van der Waals surface area contributed by atoms with Gasteiger partial charge >= 0.3 is 11.7 Å². The summed E-state index contributed by atoms with van der Waals surface area (Å²) in [6.07, 6.45) is 2.62. The number of hydrogen-bond donors (Lipinski definition) is 5. The van der Waals surface area contributed by atoms with Crippen molar-refractivity contribution in [3.63, 3.8) is 0 Å². The summed E-state index contributed by atoms with van der Waals surface area (Å²) in [6, 6.07) is 6.20. The van der Waals surface area contributed by atoms with E-state index in [-0.39, 0.29) is 23.0 Å². The van der Waals surface area contributed by atoms with Gasteiger partial charge in [0.25, 0.3) is 5.56 Å². The van der Waals surface area contributed by atoms with Crippen molar-refractivity contribution in [2.24, 2.45) is 0 Å². The summed E-state index contributed by atoms with van der Waals surface area (Å²) in [7, 11) is 0. The molecule has 0 saturated carbocycles. The van der Waals surface area contributed by atoms with Crippen LogP contribution in [0.5, 0.6) is 5.75 Å². The van der Waals surface area contributed by atoms with Gasteiger partial charge in [0.15, 0.2) is 17.1 Å². The number of piperazine rings is 1. The Balaban J connectivity index is 1.26. The number of aromatic amines is 3. The number of phenols is 1. The minimum Gasteiger partial charge on any atom is -0.508 e. The number of carboxylic acid groups (broad SMARTS) is 1. The predicted molar refractivity (Wildman–Crippen MR) is 133 cm³/mol. The third-order valence-corrected chi connectivity index (χ3v) is 7.44. The zero-order chi connectivity index (χ0) is 25.4. The Labute approximate surface area is 206 Å². The van der Waals surface area contributed by atoms with Gasteiger partial charge in [-0.1, -0.05) is 19.1 Å². The molecule has 5 N–H and O–H groups in total. The molecule has 2 aliphatic heterocycles. The van der Waals surface area contributed by atoms with Gasteiger partial charge in [0.05, 0.1) is 0 Å². The Kier molecular flexibility index (Phi) is 6.54. The average Bonchev–Trinajstić information content (AvgIpc) is 3.23. The van der Waals surface area contributed by atoms with E-state index in [0.29, 0.717) is 49.2 Å². The van der Waals surface area contributed by atoms with Crippen LogP contribution in [-0.4, -0.2) is 90.7 Å². The second-order valence-electron chi connectivity index (χ2n) is 9.54. The molecule has 2 saturated heterocycles. The number of hydrogen-bond acceptors (Lipinski definition) is 8. The van der Waals surface area contributed by atoms with Crippen LogP contribution in [0.1, 0.15) is 37.8 Å². The SMILES string of the molecule is CCC1CN(c2nc3[nH]c(=O)[nH]c3[nH]c2=O)CCN1C1CCN(C(C(=O)O)c2ccc(O)cc2)CC1. The summed E-state index contributed by atoms with van der Waals surface area (Å²) in [5.41, 5.74) is 0.543. The highest BCUT2D eigenvalue weighted by Crippen LogP contribution is 2.30. The standard InChI is InChI=1S/C24H31N7O5/c1-2-15-13-30(21-22(33)26-20-19(25-21)27-24(36)28-20)11-12-31(15)16-7-9-29(10-8-16)18(23(34)35)14-3-5-17(32)6-4-14/h3-6,15-16,18,32H,2,7-13H2,1H3,(H,34,35)(H3,25,26,27,28,33,36). The van der Waals surface area contributed by atoms with Crippen LogP contribution in [0.3, 0.4) is 0 Å². The van der Waals surface area contributed by atoms with E-state index in [0.717, 1.165) is 25.8 Å². The molecule has 2 fully saturated rings. The van der Waals surface area contributed by atoms with E-state index in [2.05, 4.69) is 31.8 Å². The zero-order valence-corrected chi connectivity index (χ0v) is 20.1. The van der Waals surface area contributed by atoms with E-state index < -0.39 is 17.7 Å². The number of carboxylic acids is 1. The number of rotatable bonds is 6. The highest BCUT2D eigenvalue weighted by Gasteiger charge is 2.37. The molecule has 2 aromatic heterocycles. The summed E-state index contributed by atoms with van der Waals surface area (Å²) in [5, 5.41) is 19.5. The molecule has 2 atom stereocenters. The normalized spacial score (nSPS) is 21.1. The number of fused-ring (bicyclic) bond motifs is 1. The molecule has 0 spiro atoms. The summed E-state index contributed by atoms with van der Waals surface area (Å²) in [5.74, 6) is -0.466. The van der Waals surface area contributed by atoms with Crippen molar-refractivity contribution in [3.8, 4) is 5.75 Å². The highest BCUT2D eigenvalue weighted by molar-refractivity contribution is 5.75. The molecular weight excluding hydrogens is 466 g/mol. The number of nitrogens with zero attached hydrogens (tertiary/aromatic N) is 4. The van der Waals surface area contributed by atoms with Crippen LogP contribution >= 0.6 is 0 Å². The van der Waals surface area contributed by atoms with E-state index in [9.17, 15) is 24.6 Å². The summed E-state index contributed by atoms with van der Waals surface area (Å²) in [6.45, 7) is 5.52. The van der Waals surface area contributed by atoms with Crippen molar-refractivity contribution in [1.82, 2.24) is 29.7 Å². The quantitative estimate of drug-likeness (QED) is 0.332. The summed E-state index contributed by atoms with van der Waals surface area (Å²) < 4.78 is 0. The van der Waals surface area contributed by atoms with Gasteiger partial charge in [0.2, 0.25) is 0 Å². The van der Waals surface area contributed by atoms with Crippen LogP contribution in [-0.2, 0) is 4.79 Å². The molecule has 1 aromatic carbocycles. The number of H-pyrrole nitrogens is 3. The van der Waals surface area contributed by atoms with Gasteiger partial charge in [-0.15, -0.1) is 0 Å². The highest BCUT2D eigenvalue weighted by atomic mass is 16.4. The van der Waals surface area contributed by atoms with Gasteiger partial charge in [-0.05, 0) is 37.0 Å². The Morgan fingerprint density at radius 2 is 1.81 bits per heavy atom. The van der Waals surface area contributed by atoms with Gasteiger partial charge in [-0.25, -0.2) is 9.78 Å². The Morgan fingerprint density at radius 3 is 2.47 bits per heavy atom. The van der Waals surface area contributed by atoms with Gasteiger partial charge in [0, 0.05) is 44.8 Å². The molecule has 0 radical (unpaired) electrons. The van der Waals surface area contributed by atoms with E-state index in [4.69, 9.17) is 0 Å². The van der Waals surface area contributed by atoms with Crippen LogP contribution in [0.25, 0.3) is 11.3 Å². The first-order chi connectivity index (χ1) is 17.3. The lowest BCUT2D eigenvalue weighted by molar-refractivity contribution is -0.144. The third-order valence-electron chi connectivity index (χ3n) is 7.44. The number of anilines is 1. The summed E-state index contributed by atoms with van der Waals surface area (Å²) >= 11 is 0. The summed E-state index contributed by atoms with van der Waals surface area (Å²) in [4.78, 5) is 55.0. The fourth-order valence-electron chi connectivity index (χ4n) is 5.64. The maximum atomic E-state index is 12.6. The van der Waals surface area contributed by atoms with Crippen molar-refractivity contribution in [2.75, 3.05) is 37.6 Å². The second kappa shape index (κ2) is 9.78. The average molecular weight is 498 g/mol.